The number of hydrogen-bond acceptors (Lipinski definition) is 5. The Morgan fingerprint density at radius 2 is 2.08 bits per heavy atom. The molecule has 3 heterocycles. The Balaban J connectivity index is 1.87. The SMILES string of the molecule is CC1CCc2ccccc2N1c1nc2nncn2c2cc(N)c(F)cc12. The molecule has 0 bridgehead atoms. The molecule has 0 saturated carbocycles. The molecule has 0 fully saturated rings. The maximum Gasteiger partial charge on any atom is 0.257 e. The standard InChI is InChI=1S/C19H17FN6/c1-11-6-7-12-4-2-3-5-16(12)26(11)18-13-8-14(20)15(21)9-17(13)25-10-22-24-19(25)23-18/h2-5,8-11H,6-7,21H2,1H3. The van der Waals surface area contributed by atoms with E-state index in [0.29, 0.717) is 17.0 Å². The maximum absolute atomic E-state index is 14.3. The normalized spacial score (nSPS) is 17.0. The molecule has 0 aliphatic carbocycles. The van der Waals surface area contributed by atoms with Crippen molar-refractivity contribution in [3.63, 3.8) is 0 Å². The van der Waals surface area contributed by atoms with E-state index in [4.69, 9.17) is 10.7 Å². The zero-order valence-corrected chi connectivity index (χ0v) is 14.2. The molecule has 130 valence electrons. The van der Waals surface area contributed by atoms with Gasteiger partial charge in [-0.15, -0.1) is 10.2 Å². The van der Waals surface area contributed by atoms with Crippen LogP contribution in [0.1, 0.15) is 18.9 Å². The number of para-hydroxylation sites is 1. The third kappa shape index (κ3) is 2.06. The van der Waals surface area contributed by atoms with Crippen molar-refractivity contribution < 1.29 is 4.39 Å². The second kappa shape index (κ2) is 5.39. The summed E-state index contributed by atoms with van der Waals surface area (Å²) in [4.78, 5) is 6.89. The van der Waals surface area contributed by atoms with E-state index < -0.39 is 5.82 Å². The Kier molecular flexibility index (Phi) is 3.12. The summed E-state index contributed by atoms with van der Waals surface area (Å²) >= 11 is 0. The lowest BCUT2D eigenvalue weighted by molar-refractivity contribution is 0.614. The van der Waals surface area contributed by atoms with E-state index in [1.54, 1.807) is 16.8 Å². The number of nitrogens with zero attached hydrogens (tertiary/aromatic N) is 5. The van der Waals surface area contributed by atoms with Gasteiger partial charge in [0.2, 0.25) is 0 Å². The van der Waals surface area contributed by atoms with Crippen LogP contribution in [0.3, 0.4) is 0 Å². The van der Waals surface area contributed by atoms with Gasteiger partial charge in [-0.1, -0.05) is 18.2 Å². The van der Waals surface area contributed by atoms with E-state index in [0.717, 1.165) is 24.0 Å². The minimum Gasteiger partial charge on any atom is -0.396 e. The summed E-state index contributed by atoms with van der Waals surface area (Å²) in [6.45, 7) is 2.16. The molecule has 2 N–H and O–H groups in total. The molecule has 4 aromatic rings. The lowest BCUT2D eigenvalue weighted by atomic mass is 9.96. The lowest BCUT2D eigenvalue weighted by Gasteiger charge is -2.36. The molecule has 0 spiro atoms. The van der Waals surface area contributed by atoms with Crippen molar-refractivity contribution >= 4 is 33.9 Å². The highest BCUT2D eigenvalue weighted by molar-refractivity contribution is 5.95. The van der Waals surface area contributed by atoms with E-state index in [-0.39, 0.29) is 11.7 Å². The van der Waals surface area contributed by atoms with E-state index in [1.165, 1.54) is 11.6 Å². The molecule has 1 unspecified atom stereocenters. The van der Waals surface area contributed by atoms with Gasteiger partial charge in [-0.25, -0.2) is 4.39 Å². The van der Waals surface area contributed by atoms with Crippen molar-refractivity contribution in [2.45, 2.75) is 25.8 Å². The number of nitrogen functional groups attached to an aromatic ring is 1. The second-order valence-electron chi connectivity index (χ2n) is 6.71. The molecule has 26 heavy (non-hydrogen) atoms. The Hall–Kier alpha value is -3.22. The van der Waals surface area contributed by atoms with E-state index in [1.807, 2.05) is 12.1 Å². The fraction of sp³-hybridized carbons (Fsp3) is 0.211. The highest BCUT2D eigenvalue weighted by Gasteiger charge is 2.27. The number of anilines is 3. The number of nitrogens with two attached hydrogens (primary N) is 1. The quantitative estimate of drug-likeness (QED) is 0.533. The zero-order chi connectivity index (χ0) is 17.8. The van der Waals surface area contributed by atoms with Crippen molar-refractivity contribution in [3.8, 4) is 0 Å². The smallest absolute Gasteiger partial charge is 0.257 e. The molecule has 0 amide bonds. The molecule has 2 aromatic carbocycles. The van der Waals surface area contributed by atoms with Crippen molar-refractivity contribution in [1.29, 1.82) is 0 Å². The van der Waals surface area contributed by atoms with Gasteiger partial charge in [0.05, 0.1) is 11.2 Å². The Morgan fingerprint density at radius 1 is 1.23 bits per heavy atom. The van der Waals surface area contributed by atoms with Crippen molar-refractivity contribution in [3.05, 3.63) is 54.1 Å². The van der Waals surface area contributed by atoms with Gasteiger partial charge in [0.25, 0.3) is 5.78 Å². The van der Waals surface area contributed by atoms with Crippen LogP contribution in [0, 0.1) is 5.82 Å². The topological polar surface area (TPSA) is 72.3 Å². The molecule has 5 rings (SSSR count). The molecule has 7 heteroatoms. The van der Waals surface area contributed by atoms with Gasteiger partial charge in [-0.3, -0.25) is 4.40 Å². The van der Waals surface area contributed by atoms with Crippen LogP contribution in [0.15, 0.2) is 42.7 Å². The highest BCUT2D eigenvalue weighted by atomic mass is 19.1. The van der Waals surface area contributed by atoms with Gasteiger partial charge in [-0.05, 0) is 43.5 Å². The largest absolute Gasteiger partial charge is 0.396 e. The minimum atomic E-state index is -0.453. The van der Waals surface area contributed by atoms with Crippen LogP contribution in [0.2, 0.25) is 0 Å². The lowest BCUT2D eigenvalue weighted by Crippen LogP contribution is -2.34. The maximum atomic E-state index is 14.3. The second-order valence-corrected chi connectivity index (χ2v) is 6.71. The Bertz CT molecular complexity index is 1150. The van der Waals surface area contributed by atoms with Crippen LogP contribution >= 0.6 is 0 Å². The summed E-state index contributed by atoms with van der Waals surface area (Å²) in [5.41, 5.74) is 9.01. The van der Waals surface area contributed by atoms with Crippen LogP contribution < -0.4 is 10.6 Å². The zero-order valence-electron chi connectivity index (χ0n) is 14.2. The first-order chi connectivity index (χ1) is 12.6. The Labute approximate surface area is 149 Å². The van der Waals surface area contributed by atoms with Crippen LogP contribution in [-0.2, 0) is 6.42 Å². The molecule has 2 aromatic heterocycles. The van der Waals surface area contributed by atoms with Crippen molar-refractivity contribution in [2.24, 2.45) is 0 Å². The number of fused-ring (bicyclic) bond motifs is 4. The van der Waals surface area contributed by atoms with E-state index in [2.05, 4.69) is 34.2 Å². The number of halogens is 1. The first-order valence-electron chi connectivity index (χ1n) is 8.59. The number of hydrogen-bond donors (Lipinski definition) is 1. The molecule has 1 atom stereocenters. The predicted octanol–water partition coefficient (Wildman–Crippen LogP) is 3.47. The molecule has 0 saturated heterocycles. The van der Waals surface area contributed by atoms with Gasteiger partial charge in [0.1, 0.15) is 18.0 Å². The van der Waals surface area contributed by atoms with Crippen LogP contribution in [0.25, 0.3) is 16.7 Å². The fourth-order valence-corrected chi connectivity index (χ4v) is 3.78. The average Bonchev–Trinajstić information content (AvgIpc) is 3.11. The average molecular weight is 348 g/mol. The van der Waals surface area contributed by atoms with Gasteiger partial charge in [-0.2, -0.15) is 4.98 Å². The number of aromatic nitrogens is 4. The van der Waals surface area contributed by atoms with Crippen molar-refractivity contribution in [1.82, 2.24) is 19.6 Å². The fourth-order valence-electron chi connectivity index (χ4n) is 3.78. The van der Waals surface area contributed by atoms with Gasteiger partial charge in [0.15, 0.2) is 0 Å². The molecular weight excluding hydrogens is 331 g/mol. The minimum absolute atomic E-state index is 0.0942. The first kappa shape index (κ1) is 15.1. The highest BCUT2D eigenvalue weighted by Crippen LogP contribution is 2.39. The third-order valence-corrected chi connectivity index (χ3v) is 5.10. The Morgan fingerprint density at radius 3 is 2.96 bits per heavy atom. The number of benzene rings is 2. The van der Waals surface area contributed by atoms with Gasteiger partial charge < -0.3 is 10.6 Å². The number of rotatable bonds is 1. The van der Waals surface area contributed by atoms with E-state index >= 15 is 0 Å². The molecule has 6 nitrogen and oxygen atoms in total. The molecule has 1 aliphatic rings. The van der Waals surface area contributed by atoms with E-state index in [9.17, 15) is 4.39 Å². The molecule has 1 aliphatic heterocycles. The summed E-state index contributed by atoms with van der Waals surface area (Å²) in [6.07, 6.45) is 3.58. The van der Waals surface area contributed by atoms with Crippen LogP contribution in [0.4, 0.5) is 21.6 Å². The van der Waals surface area contributed by atoms with Crippen molar-refractivity contribution in [2.75, 3.05) is 10.6 Å². The number of aryl methyl sites for hydroxylation is 1. The molecule has 0 radical (unpaired) electrons. The van der Waals surface area contributed by atoms with Crippen LogP contribution in [0.5, 0.6) is 0 Å². The van der Waals surface area contributed by atoms with Crippen LogP contribution in [-0.4, -0.2) is 25.6 Å². The predicted molar refractivity (Wildman–Crippen MR) is 99.0 cm³/mol. The summed E-state index contributed by atoms with van der Waals surface area (Å²) in [6, 6.07) is 11.6. The molecular formula is C19H17FN6. The summed E-state index contributed by atoms with van der Waals surface area (Å²) in [5, 5.41) is 8.74. The summed E-state index contributed by atoms with van der Waals surface area (Å²) in [5.74, 6) is 0.693. The van der Waals surface area contributed by atoms with Gasteiger partial charge in [0, 0.05) is 17.1 Å². The van der Waals surface area contributed by atoms with Gasteiger partial charge >= 0.3 is 0 Å². The monoisotopic (exact) mass is 348 g/mol. The summed E-state index contributed by atoms with van der Waals surface area (Å²) < 4.78 is 16.0. The third-order valence-electron chi connectivity index (χ3n) is 5.10. The summed E-state index contributed by atoms with van der Waals surface area (Å²) in [7, 11) is 0. The first-order valence-corrected chi connectivity index (χ1v) is 8.59.